The predicted molar refractivity (Wildman–Crippen MR) is 84.9 cm³/mol. The summed E-state index contributed by atoms with van der Waals surface area (Å²) < 4.78 is 46.7. The van der Waals surface area contributed by atoms with Gasteiger partial charge < -0.3 is 14.4 Å². The van der Waals surface area contributed by atoms with Gasteiger partial charge in [-0.25, -0.2) is 0 Å². The number of ether oxygens (including phenoxy) is 2. The third kappa shape index (κ3) is 6.19. The maximum atomic E-state index is 12.3. The highest BCUT2D eigenvalue weighted by Gasteiger charge is 2.32. The van der Waals surface area contributed by atoms with Crippen molar-refractivity contribution in [1.29, 1.82) is 0 Å². The van der Waals surface area contributed by atoms with Gasteiger partial charge in [0, 0.05) is 38.8 Å². The molecule has 1 aliphatic heterocycles. The summed E-state index contributed by atoms with van der Waals surface area (Å²) in [6.45, 7) is 8.44. The van der Waals surface area contributed by atoms with E-state index in [4.69, 9.17) is 4.74 Å². The molecule has 0 spiro atoms. The van der Waals surface area contributed by atoms with E-state index in [1.54, 1.807) is 6.07 Å². The molecular weight excluding hydrogens is 377 g/mol. The fraction of sp³-hybridized carbons (Fsp3) is 0.600. The Labute approximate surface area is 142 Å². The number of likely N-dealkylation sites (N-methyl/N-ethyl adjacent to an activating group) is 1. The first-order chi connectivity index (χ1) is 10.9. The molecule has 0 unspecified atom stereocenters. The molecule has 4 nitrogen and oxygen atoms in total. The number of benzene rings is 1. The number of hydrogen-bond donors (Lipinski definition) is 0. The van der Waals surface area contributed by atoms with E-state index in [0.717, 1.165) is 39.3 Å². The van der Waals surface area contributed by atoms with Crippen molar-refractivity contribution in [3.8, 4) is 11.5 Å². The standard InChI is InChI=1S/C15H20BrF3N2O2/c1-2-20-5-7-21(8-6-20)9-10-22-12-3-4-13(16)14(11-12)23-15(17,18)19/h3-4,11H,2,5-10H2,1H3. The van der Waals surface area contributed by atoms with Gasteiger partial charge in [0.2, 0.25) is 0 Å². The Morgan fingerprint density at radius 2 is 1.78 bits per heavy atom. The van der Waals surface area contributed by atoms with Crippen molar-refractivity contribution < 1.29 is 22.6 Å². The quantitative estimate of drug-likeness (QED) is 0.735. The SMILES string of the molecule is CCN1CCN(CCOc2ccc(Br)c(OC(F)(F)F)c2)CC1. The van der Waals surface area contributed by atoms with Crippen LogP contribution in [0.1, 0.15) is 6.92 Å². The molecule has 23 heavy (non-hydrogen) atoms. The first-order valence-electron chi connectivity index (χ1n) is 7.50. The van der Waals surface area contributed by atoms with Crippen LogP contribution in [0.15, 0.2) is 22.7 Å². The first-order valence-corrected chi connectivity index (χ1v) is 8.29. The molecule has 0 amide bonds. The molecule has 8 heteroatoms. The molecule has 0 bridgehead atoms. The third-order valence-corrected chi connectivity index (χ3v) is 4.37. The number of nitrogens with zero attached hydrogens (tertiary/aromatic N) is 2. The molecule has 0 atom stereocenters. The minimum atomic E-state index is -4.72. The number of piperazine rings is 1. The minimum absolute atomic E-state index is 0.234. The fourth-order valence-electron chi connectivity index (χ4n) is 2.40. The van der Waals surface area contributed by atoms with Crippen molar-refractivity contribution >= 4 is 15.9 Å². The van der Waals surface area contributed by atoms with E-state index in [0.29, 0.717) is 12.4 Å². The molecule has 0 aromatic heterocycles. The zero-order valence-electron chi connectivity index (χ0n) is 12.9. The normalized spacial score (nSPS) is 17.3. The minimum Gasteiger partial charge on any atom is -0.492 e. The van der Waals surface area contributed by atoms with Gasteiger partial charge in [0.1, 0.15) is 18.1 Å². The third-order valence-electron chi connectivity index (χ3n) is 3.72. The van der Waals surface area contributed by atoms with Crippen molar-refractivity contribution in [1.82, 2.24) is 9.80 Å². The van der Waals surface area contributed by atoms with Crippen LogP contribution in [0.4, 0.5) is 13.2 Å². The monoisotopic (exact) mass is 396 g/mol. The van der Waals surface area contributed by atoms with E-state index in [-0.39, 0.29) is 10.2 Å². The molecule has 0 radical (unpaired) electrons. The van der Waals surface area contributed by atoms with Crippen molar-refractivity contribution in [2.45, 2.75) is 13.3 Å². The molecule has 0 saturated carbocycles. The lowest BCUT2D eigenvalue weighted by molar-refractivity contribution is -0.274. The summed E-state index contributed by atoms with van der Waals surface area (Å²) >= 11 is 3.03. The highest BCUT2D eigenvalue weighted by atomic mass is 79.9. The van der Waals surface area contributed by atoms with Crippen LogP contribution in [-0.4, -0.2) is 62.0 Å². The topological polar surface area (TPSA) is 24.9 Å². The van der Waals surface area contributed by atoms with Crippen molar-refractivity contribution in [3.05, 3.63) is 22.7 Å². The number of hydrogen-bond acceptors (Lipinski definition) is 4. The van der Waals surface area contributed by atoms with E-state index in [9.17, 15) is 13.2 Å². The van der Waals surface area contributed by atoms with Gasteiger partial charge in [-0.15, -0.1) is 13.2 Å². The maximum Gasteiger partial charge on any atom is 0.573 e. The molecule has 130 valence electrons. The zero-order chi connectivity index (χ0) is 16.9. The molecule has 0 N–H and O–H groups in total. The van der Waals surface area contributed by atoms with Crippen molar-refractivity contribution in [2.24, 2.45) is 0 Å². The molecule has 1 heterocycles. The zero-order valence-corrected chi connectivity index (χ0v) is 14.5. The first kappa shape index (κ1) is 18.4. The lowest BCUT2D eigenvalue weighted by Gasteiger charge is -2.33. The smallest absolute Gasteiger partial charge is 0.492 e. The van der Waals surface area contributed by atoms with Crippen LogP contribution in [0.25, 0.3) is 0 Å². The summed E-state index contributed by atoms with van der Waals surface area (Å²) in [5.41, 5.74) is 0. The van der Waals surface area contributed by atoms with Gasteiger partial charge in [-0.3, -0.25) is 4.90 Å². The predicted octanol–water partition coefficient (Wildman–Crippen LogP) is 3.36. The van der Waals surface area contributed by atoms with Crippen LogP contribution in [0.2, 0.25) is 0 Å². The van der Waals surface area contributed by atoms with E-state index >= 15 is 0 Å². The van der Waals surface area contributed by atoms with E-state index < -0.39 is 6.36 Å². The van der Waals surface area contributed by atoms with Crippen LogP contribution in [0, 0.1) is 0 Å². The second kappa shape index (κ2) is 8.21. The van der Waals surface area contributed by atoms with E-state index in [1.807, 2.05) is 0 Å². The molecule has 1 aromatic rings. The van der Waals surface area contributed by atoms with Gasteiger partial charge in [0.05, 0.1) is 4.47 Å². The molecule has 1 fully saturated rings. The summed E-state index contributed by atoms with van der Waals surface area (Å²) in [4.78, 5) is 4.67. The summed E-state index contributed by atoms with van der Waals surface area (Å²) in [5, 5.41) is 0. The number of halogens is 4. The Bertz CT molecular complexity index is 506. The van der Waals surface area contributed by atoms with Gasteiger partial charge in [-0.2, -0.15) is 0 Å². The molecule has 1 aromatic carbocycles. The summed E-state index contributed by atoms with van der Waals surface area (Å²) in [6.07, 6.45) is -4.72. The van der Waals surface area contributed by atoms with Crippen LogP contribution in [0.3, 0.4) is 0 Å². The Hall–Kier alpha value is -0.990. The van der Waals surface area contributed by atoms with Gasteiger partial charge in [-0.1, -0.05) is 6.92 Å². The molecule has 1 saturated heterocycles. The summed E-state index contributed by atoms with van der Waals surface area (Å²) in [5.74, 6) is 0.0613. The van der Waals surface area contributed by atoms with Crippen LogP contribution in [0.5, 0.6) is 11.5 Å². The fourth-order valence-corrected chi connectivity index (χ4v) is 2.73. The largest absolute Gasteiger partial charge is 0.573 e. The van der Waals surface area contributed by atoms with Gasteiger partial charge in [0.15, 0.2) is 0 Å². The second-order valence-electron chi connectivity index (χ2n) is 5.26. The molecule has 1 aliphatic rings. The Morgan fingerprint density at radius 1 is 1.13 bits per heavy atom. The van der Waals surface area contributed by atoms with E-state index in [1.165, 1.54) is 12.1 Å². The van der Waals surface area contributed by atoms with Crippen molar-refractivity contribution in [2.75, 3.05) is 45.9 Å². The average molecular weight is 397 g/mol. The highest BCUT2D eigenvalue weighted by molar-refractivity contribution is 9.10. The van der Waals surface area contributed by atoms with Gasteiger partial charge in [-0.05, 0) is 34.6 Å². The van der Waals surface area contributed by atoms with E-state index in [2.05, 4.69) is 37.4 Å². The number of rotatable bonds is 6. The van der Waals surface area contributed by atoms with Crippen LogP contribution >= 0.6 is 15.9 Å². The molecule has 2 rings (SSSR count). The summed E-state index contributed by atoms with van der Waals surface area (Å²) in [6, 6.07) is 4.34. The average Bonchev–Trinajstić information content (AvgIpc) is 2.50. The Balaban J connectivity index is 1.81. The Kier molecular flexibility index (Phi) is 6.55. The Morgan fingerprint density at radius 3 is 2.39 bits per heavy atom. The lowest BCUT2D eigenvalue weighted by atomic mass is 10.3. The van der Waals surface area contributed by atoms with Gasteiger partial charge >= 0.3 is 6.36 Å². The second-order valence-corrected chi connectivity index (χ2v) is 6.12. The van der Waals surface area contributed by atoms with Crippen LogP contribution < -0.4 is 9.47 Å². The number of alkyl halides is 3. The van der Waals surface area contributed by atoms with Crippen LogP contribution in [-0.2, 0) is 0 Å². The highest BCUT2D eigenvalue weighted by Crippen LogP contribution is 2.33. The molecular formula is C15H20BrF3N2O2. The van der Waals surface area contributed by atoms with Gasteiger partial charge in [0.25, 0.3) is 0 Å². The lowest BCUT2D eigenvalue weighted by Crippen LogP contribution is -2.47. The summed E-state index contributed by atoms with van der Waals surface area (Å²) in [7, 11) is 0. The molecule has 0 aliphatic carbocycles. The maximum absolute atomic E-state index is 12.3. The van der Waals surface area contributed by atoms with Crippen molar-refractivity contribution in [3.63, 3.8) is 0 Å².